The molecular weight excluding hydrogens is 440 g/mol. The number of hydrogen-bond acceptors (Lipinski definition) is 5. The second-order valence-electron chi connectivity index (χ2n) is 9.06. The maximum absolute atomic E-state index is 12.8. The molecule has 33 heavy (non-hydrogen) atoms. The van der Waals surface area contributed by atoms with Crippen LogP contribution in [0.25, 0.3) is 0 Å². The van der Waals surface area contributed by atoms with Gasteiger partial charge in [0.2, 0.25) is 5.91 Å². The van der Waals surface area contributed by atoms with Gasteiger partial charge in [0.15, 0.2) is 0 Å². The Hall–Kier alpha value is -2.48. The van der Waals surface area contributed by atoms with Crippen molar-refractivity contribution in [1.82, 2.24) is 14.8 Å². The van der Waals surface area contributed by atoms with Crippen molar-refractivity contribution >= 4 is 29.1 Å². The normalized spacial score (nSPS) is 21.3. The van der Waals surface area contributed by atoms with Gasteiger partial charge in [-0.2, -0.15) is 0 Å². The first-order valence-corrected chi connectivity index (χ1v) is 11.8. The van der Waals surface area contributed by atoms with Gasteiger partial charge in [0.05, 0.1) is 18.1 Å². The maximum Gasteiger partial charge on any atom is 0.257 e. The molecule has 1 N–H and O–H groups in total. The molecule has 0 aliphatic carbocycles. The number of hydrogen-bond donors (Lipinski definition) is 1. The summed E-state index contributed by atoms with van der Waals surface area (Å²) in [7, 11) is 0. The number of rotatable bonds is 5. The monoisotopic (exact) mass is 470 g/mol. The Bertz CT molecular complexity index is 1020. The number of piperazine rings is 1. The van der Waals surface area contributed by atoms with Gasteiger partial charge < -0.3 is 15.0 Å². The minimum Gasteiger partial charge on any atom is -0.381 e. The third kappa shape index (κ3) is 5.54. The van der Waals surface area contributed by atoms with Crippen molar-refractivity contribution in [3.05, 3.63) is 57.9 Å². The highest BCUT2D eigenvalue weighted by molar-refractivity contribution is 6.31. The van der Waals surface area contributed by atoms with Crippen LogP contribution in [-0.4, -0.2) is 65.5 Å². The standard InChI is InChI=1S/C25H31ClN4O3/c1-16-4-5-19(12-27-16)24(31)28-23-11-22(26)10-21(18(23)3)14-29-7-8-30(17(2)13-29)25(32)20-6-9-33-15-20/h4-5,10-12,17,20H,6-9,13-15H2,1-3H3,(H,28,31)/t17-,20+/m0/s1. The van der Waals surface area contributed by atoms with Crippen molar-refractivity contribution in [3.63, 3.8) is 0 Å². The Balaban J connectivity index is 1.42. The number of pyridine rings is 1. The SMILES string of the molecule is Cc1ccc(C(=O)Nc2cc(Cl)cc(CN3CCN(C(=O)[C@@H]4CCOC4)[C@@H](C)C3)c2C)cn1. The molecule has 0 radical (unpaired) electrons. The second-order valence-corrected chi connectivity index (χ2v) is 9.49. The number of amides is 2. The van der Waals surface area contributed by atoms with E-state index in [0.717, 1.165) is 36.3 Å². The van der Waals surface area contributed by atoms with Gasteiger partial charge in [-0.25, -0.2) is 0 Å². The zero-order chi connectivity index (χ0) is 23.5. The highest BCUT2D eigenvalue weighted by atomic mass is 35.5. The van der Waals surface area contributed by atoms with Crippen molar-refractivity contribution < 1.29 is 14.3 Å². The van der Waals surface area contributed by atoms with Crippen LogP contribution in [0, 0.1) is 19.8 Å². The summed E-state index contributed by atoms with van der Waals surface area (Å²) >= 11 is 6.41. The van der Waals surface area contributed by atoms with Crippen LogP contribution in [-0.2, 0) is 16.1 Å². The first-order valence-electron chi connectivity index (χ1n) is 11.5. The molecule has 2 amide bonds. The molecule has 2 fully saturated rings. The summed E-state index contributed by atoms with van der Waals surface area (Å²) in [5.41, 5.74) is 4.12. The van der Waals surface area contributed by atoms with Gasteiger partial charge in [-0.3, -0.25) is 19.5 Å². The maximum atomic E-state index is 12.8. The van der Waals surface area contributed by atoms with E-state index in [0.29, 0.717) is 42.6 Å². The molecular formula is C25H31ClN4O3. The van der Waals surface area contributed by atoms with Crippen LogP contribution in [0.2, 0.25) is 5.02 Å². The third-order valence-corrected chi connectivity index (χ3v) is 6.79. The topological polar surface area (TPSA) is 74.8 Å². The van der Waals surface area contributed by atoms with Crippen LogP contribution >= 0.6 is 11.6 Å². The van der Waals surface area contributed by atoms with Gasteiger partial charge in [-0.1, -0.05) is 11.6 Å². The summed E-state index contributed by atoms with van der Waals surface area (Å²) < 4.78 is 5.40. The molecule has 2 atom stereocenters. The van der Waals surface area contributed by atoms with E-state index in [1.807, 2.05) is 30.9 Å². The summed E-state index contributed by atoms with van der Waals surface area (Å²) in [6, 6.07) is 7.45. The lowest BCUT2D eigenvalue weighted by molar-refractivity contribution is -0.140. The van der Waals surface area contributed by atoms with Gasteiger partial charge in [0, 0.05) is 61.4 Å². The highest BCUT2D eigenvalue weighted by Crippen LogP contribution is 2.28. The fourth-order valence-electron chi connectivity index (χ4n) is 4.53. The zero-order valence-corrected chi connectivity index (χ0v) is 20.2. The average Bonchev–Trinajstić information content (AvgIpc) is 3.32. The Morgan fingerprint density at radius 3 is 2.73 bits per heavy atom. The Labute approximate surface area is 200 Å². The summed E-state index contributed by atoms with van der Waals surface area (Å²) in [5.74, 6) is 0.00807. The molecule has 2 aliphatic rings. The fourth-order valence-corrected chi connectivity index (χ4v) is 4.78. The number of aromatic nitrogens is 1. The third-order valence-electron chi connectivity index (χ3n) is 6.57. The van der Waals surface area contributed by atoms with Crippen molar-refractivity contribution in [3.8, 4) is 0 Å². The quantitative estimate of drug-likeness (QED) is 0.721. The van der Waals surface area contributed by atoms with E-state index in [9.17, 15) is 9.59 Å². The van der Waals surface area contributed by atoms with Crippen LogP contribution < -0.4 is 5.32 Å². The summed E-state index contributed by atoms with van der Waals surface area (Å²) in [5, 5.41) is 3.56. The van der Waals surface area contributed by atoms with Crippen LogP contribution in [0.3, 0.4) is 0 Å². The lowest BCUT2D eigenvalue weighted by Gasteiger charge is -2.41. The predicted octanol–water partition coefficient (Wildman–Crippen LogP) is 3.67. The van der Waals surface area contributed by atoms with Gasteiger partial charge in [0.25, 0.3) is 5.91 Å². The minimum absolute atomic E-state index is 0.00377. The number of nitrogens with one attached hydrogen (secondary N) is 1. The molecule has 4 rings (SSSR count). The Morgan fingerprint density at radius 1 is 1.24 bits per heavy atom. The van der Waals surface area contributed by atoms with Crippen LogP contribution in [0.4, 0.5) is 5.69 Å². The molecule has 0 saturated carbocycles. The van der Waals surface area contributed by atoms with Crippen molar-refractivity contribution in [1.29, 1.82) is 0 Å². The highest BCUT2D eigenvalue weighted by Gasteiger charge is 2.33. The number of benzene rings is 1. The molecule has 0 spiro atoms. The van der Waals surface area contributed by atoms with E-state index in [4.69, 9.17) is 16.3 Å². The van der Waals surface area contributed by atoms with Crippen molar-refractivity contribution in [2.75, 3.05) is 38.2 Å². The fraction of sp³-hybridized carbons (Fsp3) is 0.480. The van der Waals surface area contributed by atoms with E-state index in [1.54, 1.807) is 18.3 Å². The minimum atomic E-state index is -0.213. The van der Waals surface area contributed by atoms with E-state index in [1.165, 1.54) is 0 Å². The molecule has 0 bridgehead atoms. The van der Waals surface area contributed by atoms with Gasteiger partial charge in [0.1, 0.15) is 0 Å². The second kappa shape index (κ2) is 10.2. The first kappa shape index (κ1) is 23.7. The number of carbonyl (C=O) groups excluding carboxylic acids is 2. The average molecular weight is 471 g/mol. The number of halogens is 1. The smallest absolute Gasteiger partial charge is 0.257 e. The van der Waals surface area contributed by atoms with E-state index >= 15 is 0 Å². The predicted molar refractivity (Wildman–Crippen MR) is 128 cm³/mol. The van der Waals surface area contributed by atoms with Crippen LogP contribution in [0.5, 0.6) is 0 Å². The van der Waals surface area contributed by atoms with Gasteiger partial charge in [-0.05, 0) is 62.6 Å². The largest absolute Gasteiger partial charge is 0.381 e. The Morgan fingerprint density at radius 2 is 2.06 bits per heavy atom. The molecule has 2 aliphatic heterocycles. The lowest BCUT2D eigenvalue weighted by atomic mass is 10.0. The summed E-state index contributed by atoms with van der Waals surface area (Å²) in [6.07, 6.45) is 2.39. The Kier molecular flexibility index (Phi) is 7.32. The van der Waals surface area contributed by atoms with E-state index in [-0.39, 0.29) is 23.8 Å². The molecule has 1 aromatic heterocycles. The molecule has 0 unspecified atom stereocenters. The molecule has 1 aromatic carbocycles. The number of nitrogens with zero attached hydrogens (tertiary/aromatic N) is 3. The molecule has 8 heteroatoms. The van der Waals surface area contributed by atoms with Gasteiger partial charge in [-0.15, -0.1) is 0 Å². The zero-order valence-electron chi connectivity index (χ0n) is 19.4. The first-order chi connectivity index (χ1) is 15.8. The van der Waals surface area contributed by atoms with Crippen LogP contribution in [0.1, 0.15) is 40.5 Å². The van der Waals surface area contributed by atoms with Crippen LogP contribution in [0.15, 0.2) is 30.5 Å². The number of anilines is 1. The van der Waals surface area contributed by atoms with E-state index < -0.39 is 0 Å². The molecule has 2 saturated heterocycles. The van der Waals surface area contributed by atoms with E-state index in [2.05, 4.69) is 22.1 Å². The van der Waals surface area contributed by atoms with Gasteiger partial charge >= 0.3 is 0 Å². The summed E-state index contributed by atoms with van der Waals surface area (Å²) in [4.78, 5) is 34.1. The molecule has 7 nitrogen and oxygen atoms in total. The van der Waals surface area contributed by atoms with Crippen molar-refractivity contribution in [2.24, 2.45) is 5.92 Å². The number of aryl methyl sites for hydroxylation is 1. The number of ether oxygens (including phenoxy) is 1. The molecule has 2 aromatic rings. The number of carbonyl (C=O) groups is 2. The van der Waals surface area contributed by atoms with Crippen molar-refractivity contribution in [2.45, 2.75) is 39.8 Å². The summed E-state index contributed by atoms with van der Waals surface area (Å²) in [6.45, 7) is 10.2. The molecule has 3 heterocycles. The lowest BCUT2D eigenvalue weighted by Crippen LogP contribution is -2.55. The molecule has 176 valence electrons.